The first-order valence-electron chi connectivity index (χ1n) is 7.76. The van der Waals surface area contributed by atoms with Gasteiger partial charge in [0.15, 0.2) is 0 Å². The smallest absolute Gasteiger partial charge is 0.223 e. The standard InChI is InChI=1S/C17H26N2O/c1-19(14-15-8-3-2-4-9-15)13-7-12-18-17(20)16-10-5-6-11-16/h2-4,8-9,16H,5-7,10-14H2,1H3,(H,18,20). The van der Waals surface area contributed by atoms with Crippen molar-refractivity contribution in [1.82, 2.24) is 10.2 Å². The van der Waals surface area contributed by atoms with Gasteiger partial charge in [0.1, 0.15) is 0 Å². The van der Waals surface area contributed by atoms with Crippen LogP contribution < -0.4 is 5.32 Å². The molecule has 3 nitrogen and oxygen atoms in total. The lowest BCUT2D eigenvalue weighted by atomic mass is 10.1. The van der Waals surface area contributed by atoms with Crippen molar-refractivity contribution >= 4 is 5.91 Å². The van der Waals surface area contributed by atoms with Gasteiger partial charge < -0.3 is 10.2 Å². The number of carbonyl (C=O) groups is 1. The van der Waals surface area contributed by atoms with Gasteiger partial charge in [-0.05, 0) is 38.4 Å². The summed E-state index contributed by atoms with van der Waals surface area (Å²) in [7, 11) is 2.13. The van der Waals surface area contributed by atoms with Crippen molar-refractivity contribution in [1.29, 1.82) is 0 Å². The highest BCUT2D eigenvalue weighted by molar-refractivity contribution is 5.78. The minimum Gasteiger partial charge on any atom is -0.356 e. The lowest BCUT2D eigenvalue weighted by molar-refractivity contribution is -0.124. The third-order valence-corrected chi connectivity index (χ3v) is 4.04. The van der Waals surface area contributed by atoms with Crippen molar-refractivity contribution in [3.8, 4) is 0 Å². The molecule has 0 heterocycles. The maximum absolute atomic E-state index is 11.9. The molecular weight excluding hydrogens is 248 g/mol. The molecule has 3 heteroatoms. The Kier molecular flexibility index (Phi) is 6.06. The molecule has 1 fully saturated rings. The van der Waals surface area contributed by atoms with Crippen LogP contribution in [-0.2, 0) is 11.3 Å². The maximum Gasteiger partial charge on any atom is 0.223 e. The molecule has 0 unspecified atom stereocenters. The van der Waals surface area contributed by atoms with E-state index in [2.05, 4.69) is 41.5 Å². The highest BCUT2D eigenvalue weighted by Crippen LogP contribution is 2.24. The third-order valence-electron chi connectivity index (χ3n) is 4.04. The summed E-state index contributed by atoms with van der Waals surface area (Å²) < 4.78 is 0. The van der Waals surface area contributed by atoms with Gasteiger partial charge in [-0.2, -0.15) is 0 Å². The topological polar surface area (TPSA) is 32.3 Å². The lowest BCUT2D eigenvalue weighted by Crippen LogP contribution is -2.32. The molecule has 1 aromatic carbocycles. The van der Waals surface area contributed by atoms with Crippen LogP contribution in [0.3, 0.4) is 0 Å². The molecule has 0 bridgehead atoms. The fraction of sp³-hybridized carbons (Fsp3) is 0.588. The molecule has 20 heavy (non-hydrogen) atoms. The number of amides is 1. The van der Waals surface area contributed by atoms with Crippen molar-refractivity contribution in [3.05, 3.63) is 35.9 Å². The van der Waals surface area contributed by atoms with Gasteiger partial charge in [-0.3, -0.25) is 4.79 Å². The molecule has 0 aromatic heterocycles. The largest absolute Gasteiger partial charge is 0.356 e. The average molecular weight is 274 g/mol. The molecule has 1 aliphatic rings. The molecule has 1 saturated carbocycles. The van der Waals surface area contributed by atoms with Crippen LogP contribution in [0.25, 0.3) is 0 Å². The lowest BCUT2D eigenvalue weighted by Gasteiger charge is -2.17. The molecule has 0 atom stereocenters. The Hall–Kier alpha value is -1.35. The van der Waals surface area contributed by atoms with Gasteiger partial charge in [0.05, 0.1) is 0 Å². The van der Waals surface area contributed by atoms with E-state index in [9.17, 15) is 4.79 Å². The zero-order valence-corrected chi connectivity index (χ0v) is 12.5. The number of nitrogens with one attached hydrogen (secondary N) is 1. The Bertz CT molecular complexity index is 399. The molecule has 0 radical (unpaired) electrons. The number of hydrogen-bond acceptors (Lipinski definition) is 2. The van der Waals surface area contributed by atoms with Gasteiger partial charge >= 0.3 is 0 Å². The van der Waals surface area contributed by atoms with Gasteiger partial charge in [0.2, 0.25) is 5.91 Å². The second kappa shape index (κ2) is 8.05. The summed E-state index contributed by atoms with van der Waals surface area (Å²) in [5.74, 6) is 0.560. The van der Waals surface area contributed by atoms with Crippen molar-refractivity contribution in [2.24, 2.45) is 5.92 Å². The first kappa shape index (κ1) is 15.0. The van der Waals surface area contributed by atoms with Gasteiger partial charge in [0, 0.05) is 19.0 Å². The van der Waals surface area contributed by atoms with E-state index in [4.69, 9.17) is 0 Å². The molecule has 110 valence electrons. The second-order valence-corrected chi connectivity index (χ2v) is 5.85. The van der Waals surface area contributed by atoms with Gasteiger partial charge in [0.25, 0.3) is 0 Å². The van der Waals surface area contributed by atoms with Crippen molar-refractivity contribution in [3.63, 3.8) is 0 Å². The van der Waals surface area contributed by atoms with Crippen LogP contribution in [-0.4, -0.2) is 30.9 Å². The Balaban J connectivity index is 1.57. The van der Waals surface area contributed by atoms with Gasteiger partial charge in [-0.25, -0.2) is 0 Å². The first-order valence-corrected chi connectivity index (χ1v) is 7.76. The van der Waals surface area contributed by atoms with Crippen molar-refractivity contribution in [2.45, 2.75) is 38.6 Å². The highest BCUT2D eigenvalue weighted by atomic mass is 16.1. The summed E-state index contributed by atoms with van der Waals surface area (Å²) in [5.41, 5.74) is 1.34. The molecule has 0 spiro atoms. The molecule has 0 saturated heterocycles. The molecule has 1 aromatic rings. The summed E-state index contributed by atoms with van der Waals surface area (Å²) in [4.78, 5) is 14.2. The number of hydrogen-bond donors (Lipinski definition) is 1. The maximum atomic E-state index is 11.9. The Morgan fingerprint density at radius 2 is 1.95 bits per heavy atom. The van der Waals surface area contributed by atoms with E-state index >= 15 is 0 Å². The normalized spacial score (nSPS) is 15.7. The highest BCUT2D eigenvalue weighted by Gasteiger charge is 2.21. The van der Waals surface area contributed by atoms with E-state index in [1.807, 2.05) is 6.07 Å². The van der Waals surface area contributed by atoms with Crippen molar-refractivity contribution in [2.75, 3.05) is 20.1 Å². The van der Waals surface area contributed by atoms with E-state index in [0.29, 0.717) is 0 Å². The number of nitrogens with zero attached hydrogens (tertiary/aromatic N) is 1. The zero-order valence-electron chi connectivity index (χ0n) is 12.5. The van der Waals surface area contributed by atoms with E-state index in [1.165, 1.54) is 18.4 Å². The molecular formula is C17H26N2O. The van der Waals surface area contributed by atoms with E-state index in [1.54, 1.807) is 0 Å². The van der Waals surface area contributed by atoms with E-state index in [-0.39, 0.29) is 11.8 Å². The Morgan fingerprint density at radius 3 is 2.65 bits per heavy atom. The van der Waals surface area contributed by atoms with Crippen LogP contribution in [0.15, 0.2) is 30.3 Å². The summed E-state index contributed by atoms with van der Waals surface area (Å²) in [6, 6.07) is 10.5. The van der Waals surface area contributed by atoms with E-state index < -0.39 is 0 Å². The second-order valence-electron chi connectivity index (χ2n) is 5.85. The summed E-state index contributed by atoms with van der Waals surface area (Å²) in [5, 5.41) is 3.08. The number of carbonyl (C=O) groups excluding carboxylic acids is 1. The quantitative estimate of drug-likeness (QED) is 0.775. The molecule has 1 amide bonds. The first-order chi connectivity index (χ1) is 9.75. The van der Waals surface area contributed by atoms with Crippen LogP contribution in [0.4, 0.5) is 0 Å². The van der Waals surface area contributed by atoms with Crippen LogP contribution in [0.1, 0.15) is 37.7 Å². The summed E-state index contributed by atoms with van der Waals surface area (Å²) >= 11 is 0. The van der Waals surface area contributed by atoms with Gasteiger partial charge in [-0.15, -0.1) is 0 Å². The Labute approximate surface area is 122 Å². The summed E-state index contributed by atoms with van der Waals surface area (Å²) in [6.07, 6.45) is 5.62. The summed E-state index contributed by atoms with van der Waals surface area (Å²) in [6.45, 7) is 2.78. The molecule has 1 aliphatic carbocycles. The number of rotatable bonds is 7. The van der Waals surface area contributed by atoms with Crippen LogP contribution in [0.5, 0.6) is 0 Å². The predicted octanol–water partition coefficient (Wildman–Crippen LogP) is 2.81. The van der Waals surface area contributed by atoms with Crippen LogP contribution >= 0.6 is 0 Å². The Morgan fingerprint density at radius 1 is 1.25 bits per heavy atom. The fourth-order valence-corrected chi connectivity index (χ4v) is 2.87. The third kappa shape index (κ3) is 4.97. The van der Waals surface area contributed by atoms with E-state index in [0.717, 1.165) is 38.9 Å². The predicted molar refractivity (Wildman–Crippen MR) is 82.4 cm³/mol. The SMILES string of the molecule is CN(CCCNC(=O)C1CCCC1)Cc1ccccc1. The molecule has 2 rings (SSSR count). The van der Waals surface area contributed by atoms with Crippen LogP contribution in [0, 0.1) is 5.92 Å². The monoisotopic (exact) mass is 274 g/mol. The average Bonchev–Trinajstić information content (AvgIpc) is 2.99. The number of benzene rings is 1. The molecule has 1 N–H and O–H groups in total. The van der Waals surface area contributed by atoms with Crippen molar-refractivity contribution < 1.29 is 4.79 Å². The van der Waals surface area contributed by atoms with Gasteiger partial charge in [-0.1, -0.05) is 43.2 Å². The minimum absolute atomic E-state index is 0.271. The zero-order chi connectivity index (χ0) is 14.2. The molecule has 0 aliphatic heterocycles. The minimum atomic E-state index is 0.271. The fourth-order valence-electron chi connectivity index (χ4n) is 2.87. The van der Waals surface area contributed by atoms with Crippen LogP contribution in [0.2, 0.25) is 0 Å².